The number of rotatable bonds is 4. The van der Waals surface area contributed by atoms with Crippen LogP contribution in [-0.4, -0.2) is 15.9 Å². The van der Waals surface area contributed by atoms with Crippen LogP contribution < -0.4 is 4.74 Å². The molecule has 3 nitrogen and oxygen atoms in total. The summed E-state index contributed by atoms with van der Waals surface area (Å²) in [6, 6.07) is 14.5. The Labute approximate surface area is 174 Å². The lowest BCUT2D eigenvalue weighted by Crippen LogP contribution is -2.30. The van der Waals surface area contributed by atoms with Gasteiger partial charge in [0.15, 0.2) is 0 Å². The van der Waals surface area contributed by atoms with Crippen molar-refractivity contribution in [2.45, 2.75) is 58.9 Å². The van der Waals surface area contributed by atoms with E-state index in [4.69, 9.17) is 4.98 Å². The Morgan fingerprint density at radius 2 is 1.77 bits per heavy atom. The Bertz CT molecular complexity index is 1040. The Morgan fingerprint density at radius 3 is 2.50 bits per heavy atom. The number of hydrogen-bond donors (Lipinski definition) is 0. The molecule has 0 spiro atoms. The molecule has 160 valence electrons. The molecule has 1 aromatic heterocycles. The maximum atomic E-state index is 12.9. The molecule has 1 saturated carbocycles. The second-order valence-corrected chi connectivity index (χ2v) is 9.29. The number of nitrogens with zero attached hydrogens (tertiary/aromatic N) is 2. The van der Waals surface area contributed by atoms with Gasteiger partial charge in [-0.3, -0.25) is 0 Å². The topological polar surface area (TPSA) is 27.1 Å². The van der Waals surface area contributed by atoms with Crippen molar-refractivity contribution in [1.82, 2.24) is 9.55 Å². The van der Waals surface area contributed by atoms with E-state index in [0.717, 1.165) is 29.7 Å². The predicted octanol–water partition coefficient (Wildman–Crippen LogP) is 6.91. The summed E-state index contributed by atoms with van der Waals surface area (Å²) < 4.78 is 45.2. The quantitative estimate of drug-likeness (QED) is 0.462. The fourth-order valence-electron chi connectivity index (χ4n) is 5.16. The lowest BCUT2D eigenvalue weighted by molar-refractivity contribution is -0.274. The van der Waals surface area contributed by atoms with Crippen LogP contribution in [0.5, 0.6) is 5.75 Å². The Hall–Kier alpha value is -2.50. The van der Waals surface area contributed by atoms with Crippen molar-refractivity contribution < 1.29 is 17.9 Å². The van der Waals surface area contributed by atoms with Gasteiger partial charge in [0, 0.05) is 18.0 Å². The minimum absolute atomic E-state index is 0.166. The average molecular weight is 416 g/mol. The maximum absolute atomic E-state index is 12.9. The zero-order chi connectivity index (χ0) is 21.5. The molecule has 0 saturated heterocycles. The fraction of sp³-hybridized carbons (Fsp3) is 0.458. The van der Waals surface area contributed by atoms with Gasteiger partial charge in [-0.1, -0.05) is 51.1 Å². The van der Waals surface area contributed by atoms with E-state index in [1.807, 2.05) is 18.2 Å². The van der Waals surface area contributed by atoms with E-state index >= 15 is 0 Å². The van der Waals surface area contributed by atoms with Gasteiger partial charge in [-0.15, -0.1) is 13.2 Å². The number of halogens is 3. The minimum atomic E-state index is -4.72. The third-order valence-corrected chi connectivity index (χ3v) is 5.94. The van der Waals surface area contributed by atoms with Gasteiger partial charge >= 0.3 is 6.36 Å². The van der Waals surface area contributed by atoms with E-state index in [2.05, 4.69) is 36.1 Å². The first-order valence-electron chi connectivity index (χ1n) is 10.4. The molecule has 6 heteroatoms. The summed E-state index contributed by atoms with van der Waals surface area (Å²) in [7, 11) is 0. The number of ether oxygens (including phenoxy) is 1. The van der Waals surface area contributed by atoms with Crippen LogP contribution in [0, 0.1) is 11.3 Å². The van der Waals surface area contributed by atoms with Gasteiger partial charge in [0.25, 0.3) is 0 Å². The molecule has 0 aliphatic heterocycles. The van der Waals surface area contributed by atoms with E-state index in [-0.39, 0.29) is 23.6 Å². The van der Waals surface area contributed by atoms with Crippen LogP contribution in [0.25, 0.3) is 11.0 Å². The van der Waals surface area contributed by atoms with Crippen LogP contribution in [0.3, 0.4) is 0 Å². The third kappa shape index (κ3) is 4.47. The Balaban J connectivity index is 1.77. The van der Waals surface area contributed by atoms with Crippen molar-refractivity contribution in [2.75, 3.05) is 0 Å². The fourth-order valence-corrected chi connectivity index (χ4v) is 5.16. The molecule has 1 fully saturated rings. The molecule has 0 N–H and O–H groups in total. The first kappa shape index (κ1) is 20.8. The molecular weight excluding hydrogens is 389 g/mol. The number of hydrogen-bond acceptors (Lipinski definition) is 2. The molecule has 0 bridgehead atoms. The van der Waals surface area contributed by atoms with Gasteiger partial charge in [-0.2, -0.15) is 0 Å². The van der Waals surface area contributed by atoms with E-state index in [9.17, 15) is 13.2 Å². The summed E-state index contributed by atoms with van der Waals surface area (Å²) in [4.78, 5) is 4.82. The molecule has 0 amide bonds. The lowest BCUT2D eigenvalue weighted by Gasteiger charge is -2.40. The van der Waals surface area contributed by atoms with E-state index in [1.165, 1.54) is 12.5 Å². The smallest absolute Gasteiger partial charge is 0.405 e. The third-order valence-electron chi connectivity index (χ3n) is 5.94. The average Bonchev–Trinajstić information content (AvgIpc) is 2.98. The van der Waals surface area contributed by atoms with Crippen molar-refractivity contribution in [3.05, 3.63) is 59.9 Å². The van der Waals surface area contributed by atoms with Gasteiger partial charge in [0.2, 0.25) is 0 Å². The molecule has 30 heavy (non-hydrogen) atoms. The van der Waals surface area contributed by atoms with E-state index in [0.29, 0.717) is 11.5 Å². The molecule has 1 heterocycles. The summed E-state index contributed by atoms with van der Waals surface area (Å²) in [5, 5.41) is 0. The highest BCUT2D eigenvalue weighted by molar-refractivity contribution is 5.76. The highest BCUT2D eigenvalue weighted by atomic mass is 19.4. The summed E-state index contributed by atoms with van der Waals surface area (Å²) in [6.07, 6.45) is -1.21. The molecule has 1 aliphatic rings. The summed E-state index contributed by atoms with van der Waals surface area (Å²) in [5.41, 5.74) is 2.60. The van der Waals surface area contributed by atoms with E-state index < -0.39 is 6.36 Å². The Morgan fingerprint density at radius 1 is 1.07 bits per heavy atom. The van der Waals surface area contributed by atoms with E-state index in [1.54, 1.807) is 18.2 Å². The van der Waals surface area contributed by atoms with Gasteiger partial charge in [-0.05, 0) is 48.8 Å². The number of benzene rings is 2. The molecule has 0 radical (unpaired) electrons. The largest absolute Gasteiger partial charge is 0.573 e. The van der Waals surface area contributed by atoms with Gasteiger partial charge in [0.05, 0.1) is 11.0 Å². The summed E-state index contributed by atoms with van der Waals surface area (Å²) >= 11 is 0. The minimum Gasteiger partial charge on any atom is -0.405 e. The van der Waals surface area contributed by atoms with Crippen molar-refractivity contribution in [2.24, 2.45) is 11.3 Å². The van der Waals surface area contributed by atoms with Gasteiger partial charge < -0.3 is 9.30 Å². The predicted molar refractivity (Wildman–Crippen MR) is 111 cm³/mol. The number of aromatic nitrogens is 2. The second-order valence-electron chi connectivity index (χ2n) is 9.29. The maximum Gasteiger partial charge on any atom is 0.573 e. The van der Waals surface area contributed by atoms with Crippen LogP contribution in [0.1, 0.15) is 57.5 Å². The molecule has 1 aliphatic carbocycles. The summed E-state index contributed by atoms with van der Waals surface area (Å²) in [5.74, 6) is 1.19. The van der Waals surface area contributed by atoms with Gasteiger partial charge in [0.1, 0.15) is 11.6 Å². The summed E-state index contributed by atoms with van der Waals surface area (Å²) in [6.45, 7) is 6.86. The number of imidazole rings is 1. The van der Waals surface area contributed by atoms with Crippen molar-refractivity contribution in [3.63, 3.8) is 0 Å². The van der Waals surface area contributed by atoms with Gasteiger partial charge in [-0.25, -0.2) is 4.98 Å². The number of fused-ring (bicyclic) bond motifs is 1. The van der Waals surface area contributed by atoms with Crippen LogP contribution in [0.4, 0.5) is 13.2 Å². The number of para-hydroxylation sites is 3. The number of alkyl halides is 3. The zero-order valence-corrected chi connectivity index (χ0v) is 17.5. The van der Waals surface area contributed by atoms with Crippen molar-refractivity contribution >= 4 is 11.0 Å². The molecule has 2 aromatic carbocycles. The van der Waals surface area contributed by atoms with Crippen LogP contribution >= 0.6 is 0 Å². The molecule has 2 unspecified atom stereocenters. The van der Waals surface area contributed by atoms with Crippen LogP contribution in [0.15, 0.2) is 48.5 Å². The zero-order valence-electron chi connectivity index (χ0n) is 17.5. The SMILES string of the molecule is CC1CC(n2c(Cc3ccccc3OC(F)(F)F)nc3ccccc32)CC(C)(C)C1. The molecule has 3 aromatic rings. The van der Waals surface area contributed by atoms with Crippen molar-refractivity contribution in [1.29, 1.82) is 0 Å². The molecule has 4 rings (SSSR count). The normalized spacial score (nSPS) is 21.7. The highest BCUT2D eigenvalue weighted by Crippen LogP contribution is 2.45. The second kappa shape index (κ2) is 7.64. The highest BCUT2D eigenvalue weighted by Gasteiger charge is 2.35. The monoisotopic (exact) mass is 416 g/mol. The first-order chi connectivity index (χ1) is 14.1. The molecule has 2 atom stereocenters. The lowest BCUT2D eigenvalue weighted by atomic mass is 9.70. The van der Waals surface area contributed by atoms with Crippen molar-refractivity contribution in [3.8, 4) is 5.75 Å². The molecular formula is C24H27F3N2O. The Kier molecular flexibility index (Phi) is 5.28. The standard InChI is InChI=1S/C24H27F3N2O/c1-16-12-18(15-23(2,3)14-16)29-20-10-6-5-9-19(20)28-22(29)13-17-8-4-7-11-21(17)30-24(25,26)27/h4-11,16,18H,12-15H2,1-3H3. The van der Waals surface area contributed by atoms with Crippen LogP contribution in [0.2, 0.25) is 0 Å². The first-order valence-corrected chi connectivity index (χ1v) is 10.4. The van der Waals surface area contributed by atoms with Crippen LogP contribution in [-0.2, 0) is 6.42 Å².